The molecule has 0 saturated carbocycles. The molecule has 1 N–H and O–H groups in total. The van der Waals surface area contributed by atoms with Crippen LogP contribution in [0.2, 0.25) is 0 Å². The number of hydrogen-bond acceptors (Lipinski definition) is 3. The van der Waals surface area contributed by atoms with Gasteiger partial charge in [0.15, 0.2) is 0 Å². The van der Waals surface area contributed by atoms with Gasteiger partial charge in [-0.15, -0.1) is 13.2 Å². The number of likely N-dealkylation sites (tertiary alicyclic amines) is 1. The van der Waals surface area contributed by atoms with Gasteiger partial charge in [0.2, 0.25) is 0 Å². The van der Waals surface area contributed by atoms with Crippen molar-refractivity contribution in [3.63, 3.8) is 0 Å². The van der Waals surface area contributed by atoms with Crippen molar-refractivity contribution in [1.29, 1.82) is 0 Å². The zero-order valence-electron chi connectivity index (χ0n) is 23.0. The average Bonchev–Trinajstić information content (AvgIpc) is 2.89. The first-order valence-corrected chi connectivity index (χ1v) is 13.1. The maximum absolute atomic E-state index is 15.1. The van der Waals surface area contributed by atoms with E-state index in [1.54, 1.807) is 0 Å². The van der Waals surface area contributed by atoms with Crippen molar-refractivity contribution in [1.82, 2.24) is 15.1 Å². The Hall–Kier alpha value is -2.59. The molecule has 0 radical (unpaired) electrons. The second-order valence-electron chi connectivity index (χ2n) is 8.86. The molecule has 4 heteroatoms. The van der Waals surface area contributed by atoms with Crippen LogP contribution >= 0.6 is 0 Å². The van der Waals surface area contributed by atoms with Crippen LogP contribution < -0.4 is 5.32 Å². The molecule has 0 bridgehead atoms. The van der Waals surface area contributed by atoms with Crippen LogP contribution in [0.15, 0.2) is 68.0 Å². The predicted octanol–water partition coefficient (Wildman–Crippen LogP) is 7.05. The fourth-order valence-electron chi connectivity index (χ4n) is 4.40. The smallest absolute Gasteiger partial charge is 0.133 e. The van der Waals surface area contributed by atoms with Gasteiger partial charge < -0.3 is 15.1 Å². The summed E-state index contributed by atoms with van der Waals surface area (Å²) in [7, 11) is 1.99. The molecule has 3 rings (SSSR count). The number of hydrogen-bond donors (Lipinski definition) is 1. The number of aryl methyl sites for hydroxylation is 3. The number of piperidine rings is 1. The summed E-state index contributed by atoms with van der Waals surface area (Å²) in [6, 6.07) is 15.1. The lowest BCUT2D eigenvalue weighted by molar-refractivity contribution is 0.0542. The monoisotopic (exact) mass is 481 g/mol. The molecule has 0 aliphatic carbocycles. The summed E-state index contributed by atoms with van der Waals surface area (Å²) in [5.41, 5.74) is 6.44. The van der Waals surface area contributed by atoms with Crippen molar-refractivity contribution in [3.05, 3.63) is 95.8 Å². The van der Waals surface area contributed by atoms with Crippen molar-refractivity contribution < 1.29 is 4.39 Å². The molecule has 2 aromatic rings. The van der Waals surface area contributed by atoms with E-state index in [9.17, 15) is 0 Å². The van der Waals surface area contributed by atoms with Gasteiger partial charge in [0.1, 0.15) is 6.17 Å². The van der Waals surface area contributed by atoms with Crippen LogP contribution in [0.3, 0.4) is 0 Å². The summed E-state index contributed by atoms with van der Waals surface area (Å²) in [6.07, 6.45) is 1.96. The van der Waals surface area contributed by atoms with E-state index in [1.807, 2.05) is 20.9 Å². The van der Waals surface area contributed by atoms with Crippen LogP contribution in [-0.2, 0) is 25.9 Å². The Balaban J connectivity index is 0.00000145. The molecule has 0 aromatic heterocycles. The van der Waals surface area contributed by atoms with Crippen molar-refractivity contribution in [2.45, 2.75) is 79.2 Å². The second kappa shape index (κ2) is 16.1. The Morgan fingerprint density at radius 1 is 1.03 bits per heavy atom. The lowest BCUT2D eigenvalue weighted by Gasteiger charge is -2.41. The molecular weight excluding hydrogens is 433 g/mol. The van der Waals surface area contributed by atoms with Gasteiger partial charge >= 0.3 is 0 Å². The van der Waals surface area contributed by atoms with Crippen molar-refractivity contribution in [3.8, 4) is 0 Å². The number of nitrogens with one attached hydrogen (secondary N) is 1. The van der Waals surface area contributed by atoms with E-state index in [1.165, 1.54) is 27.8 Å². The van der Waals surface area contributed by atoms with Crippen molar-refractivity contribution in [2.75, 3.05) is 20.1 Å². The highest BCUT2D eigenvalue weighted by Gasteiger charge is 2.33. The molecule has 2 atom stereocenters. The van der Waals surface area contributed by atoms with E-state index < -0.39 is 6.17 Å². The van der Waals surface area contributed by atoms with Crippen molar-refractivity contribution >= 4 is 0 Å². The SMILES string of the molecule is C=C.C=C(NCc1ccc(CC)cc1CC)N(Cc1ccc(C)cc1)C1CCN(C)CC1F.CC. The molecule has 2 aromatic carbocycles. The Morgan fingerprint density at radius 3 is 2.23 bits per heavy atom. The minimum Gasteiger partial charge on any atom is -0.368 e. The summed E-state index contributed by atoms with van der Waals surface area (Å²) >= 11 is 0. The van der Waals surface area contributed by atoms with Crippen LogP contribution in [0.1, 0.15) is 61.9 Å². The number of rotatable bonds is 9. The largest absolute Gasteiger partial charge is 0.368 e. The van der Waals surface area contributed by atoms with Crippen LogP contribution in [0.25, 0.3) is 0 Å². The lowest BCUT2D eigenvalue weighted by Crippen LogP contribution is -2.52. The molecule has 1 saturated heterocycles. The molecule has 35 heavy (non-hydrogen) atoms. The molecule has 1 fully saturated rings. The van der Waals surface area contributed by atoms with E-state index in [2.05, 4.69) is 98.1 Å². The lowest BCUT2D eigenvalue weighted by atomic mass is 10.00. The van der Waals surface area contributed by atoms with Gasteiger partial charge in [0.25, 0.3) is 0 Å². The minimum absolute atomic E-state index is 0.161. The molecular formula is C31H48FN3. The highest BCUT2D eigenvalue weighted by Crippen LogP contribution is 2.24. The number of halogens is 1. The molecule has 3 nitrogen and oxygen atoms in total. The third-order valence-electron chi connectivity index (χ3n) is 6.47. The zero-order valence-corrected chi connectivity index (χ0v) is 23.0. The van der Waals surface area contributed by atoms with Crippen LogP contribution in [0.4, 0.5) is 4.39 Å². The molecule has 2 unspecified atom stereocenters. The molecule has 1 aliphatic heterocycles. The van der Waals surface area contributed by atoms with E-state index in [0.717, 1.165) is 31.6 Å². The summed E-state index contributed by atoms with van der Waals surface area (Å²) in [4.78, 5) is 4.22. The topological polar surface area (TPSA) is 18.5 Å². The first-order valence-electron chi connectivity index (χ1n) is 13.1. The summed E-state index contributed by atoms with van der Waals surface area (Å²) in [5, 5.41) is 3.52. The van der Waals surface area contributed by atoms with Crippen molar-refractivity contribution in [2.24, 2.45) is 0 Å². The standard InChI is InChI=1S/C27H38FN3.C2H6.C2H4/c1-6-22-12-13-25(24(7-2)16-22)17-29-21(4)31(18-23-10-8-20(3)9-11-23)27-14-15-30(5)19-26(27)28;2*1-2/h8-13,16,26-27,29H,4,6-7,14-15,17-19H2,1-3,5H3;1-2H3;1-2H2. The van der Waals surface area contributed by atoms with E-state index >= 15 is 4.39 Å². The average molecular weight is 482 g/mol. The summed E-state index contributed by atoms with van der Waals surface area (Å²) < 4.78 is 15.1. The number of alkyl halides is 1. The predicted molar refractivity (Wildman–Crippen MR) is 151 cm³/mol. The maximum Gasteiger partial charge on any atom is 0.133 e. The van der Waals surface area contributed by atoms with Gasteiger partial charge in [-0.1, -0.05) is 82.3 Å². The molecule has 0 spiro atoms. The minimum atomic E-state index is -0.891. The Bertz CT molecular complexity index is 877. The highest BCUT2D eigenvalue weighted by atomic mass is 19.1. The maximum atomic E-state index is 15.1. The van der Waals surface area contributed by atoms with E-state index in [-0.39, 0.29) is 6.04 Å². The van der Waals surface area contributed by atoms with Crippen LogP contribution in [0, 0.1) is 6.92 Å². The highest BCUT2D eigenvalue weighted by molar-refractivity contribution is 5.32. The molecule has 1 aliphatic rings. The van der Waals surface area contributed by atoms with Gasteiger partial charge in [-0.2, -0.15) is 0 Å². The summed E-state index contributed by atoms with van der Waals surface area (Å²) in [6.45, 7) is 23.6. The van der Waals surface area contributed by atoms with Gasteiger partial charge in [0.05, 0.1) is 11.9 Å². The Labute approximate surface area is 214 Å². The normalized spacial score (nSPS) is 17.3. The van der Waals surface area contributed by atoms with Crippen LogP contribution in [-0.4, -0.2) is 42.2 Å². The van der Waals surface area contributed by atoms with Gasteiger partial charge in [0, 0.05) is 26.2 Å². The first kappa shape index (κ1) is 30.4. The number of benzene rings is 2. The fraction of sp³-hybridized carbons (Fsp3) is 0.484. The fourth-order valence-corrected chi connectivity index (χ4v) is 4.40. The van der Waals surface area contributed by atoms with E-state index in [4.69, 9.17) is 0 Å². The van der Waals surface area contributed by atoms with Gasteiger partial charge in [-0.25, -0.2) is 4.39 Å². The van der Waals surface area contributed by atoms with Gasteiger partial charge in [-0.05, 0) is 55.5 Å². The Kier molecular flexibility index (Phi) is 14.0. The molecule has 1 heterocycles. The zero-order chi connectivity index (χ0) is 26.4. The molecule has 0 amide bonds. The summed E-state index contributed by atoms with van der Waals surface area (Å²) in [5.74, 6) is 0.805. The second-order valence-corrected chi connectivity index (χ2v) is 8.86. The third kappa shape index (κ3) is 9.18. The quantitative estimate of drug-likeness (QED) is 0.387. The molecule has 194 valence electrons. The van der Waals surface area contributed by atoms with Crippen LogP contribution in [0.5, 0.6) is 0 Å². The van der Waals surface area contributed by atoms with E-state index in [0.29, 0.717) is 19.6 Å². The van der Waals surface area contributed by atoms with Gasteiger partial charge in [-0.3, -0.25) is 0 Å². The first-order chi connectivity index (χ1) is 16.9. The number of nitrogens with zero attached hydrogens (tertiary/aromatic N) is 2. The third-order valence-corrected chi connectivity index (χ3v) is 6.47. The Morgan fingerprint density at radius 2 is 1.66 bits per heavy atom.